The summed E-state index contributed by atoms with van der Waals surface area (Å²) in [6.45, 7) is 0. The number of rotatable bonds is 7. The minimum absolute atomic E-state index is 0.481. The molecule has 13 aromatic rings. The molecule has 0 saturated carbocycles. The first-order chi connectivity index (χ1) is 33.7. The number of para-hydroxylation sites is 2. The SMILES string of the molecule is c1ccc(-c2c3c(cc4c2c2ccc(N(c5ccccc5)c5ccc(C6(c7ccccc7)c7ccccc7-c7ccccc76)cc5)cc2n4-c2ccc4ccccc4c2)oc2ccccc23)cc1. The lowest BCUT2D eigenvalue weighted by Crippen LogP contribution is -2.28. The number of hydrogen-bond donors (Lipinski definition) is 0. The zero-order valence-corrected chi connectivity index (χ0v) is 37.1. The molecule has 0 N–H and O–H groups in total. The summed E-state index contributed by atoms with van der Waals surface area (Å²) in [4.78, 5) is 2.40. The van der Waals surface area contributed by atoms with Crippen molar-refractivity contribution in [1.29, 1.82) is 0 Å². The molecule has 0 atom stereocenters. The van der Waals surface area contributed by atoms with E-state index in [0.29, 0.717) is 0 Å². The molecule has 0 bridgehead atoms. The van der Waals surface area contributed by atoms with E-state index in [4.69, 9.17) is 4.42 Å². The molecule has 11 aromatic carbocycles. The van der Waals surface area contributed by atoms with Crippen LogP contribution in [0.25, 0.3) is 82.5 Å². The Morgan fingerprint density at radius 1 is 0.368 bits per heavy atom. The molecule has 0 amide bonds. The van der Waals surface area contributed by atoms with Crippen LogP contribution in [0.15, 0.2) is 259 Å². The highest BCUT2D eigenvalue weighted by Crippen LogP contribution is 2.56. The monoisotopic (exact) mass is 866 g/mol. The first kappa shape index (κ1) is 38.4. The molecule has 1 aliphatic rings. The van der Waals surface area contributed by atoms with Gasteiger partial charge in [0.15, 0.2) is 0 Å². The van der Waals surface area contributed by atoms with Gasteiger partial charge >= 0.3 is 0 Å². The average molecular weight is 867 g/mol. The maximum absolute atomic E-state index is 6.76. The molecular weight excluding hydrogens is 825 g/mol. The van der Waals surface area contributed by atoms with Crippen LogP contribution in [0.1, 0.15) is 22.3 Å². The van der Waals surface area contributed by atoms with Gasteiger partial charge in [-0.3, -0.25) is 0 Å². The number of benzene rings is 11. The summed E-state index contributed by atoms with van der Waals surface area (Å²) in [6.07, 6.45) is 0. The van der Waals surface area contributed by atoms with Crippen LogP contribution in [-0.2, 0) is 5.41 Å². The van der Waals surface area contributed by atoms with Crippen LogP contribution in [0.2, 0.25) is 0 Å². The lowest BCUT2D eigenvalue weighted by molar-refractivity contribution is 0.669. The predicted octanol–water partition coefficient (Wildman–Crippen LogP) is 17.3. The molecular formula is C65H42N2O. The first-order valence-corrected chi connectivity index (χ1v) is 23.4. The molecule has 2 aromatic heterocycles. The Morgan fingerprint density at radius 3 is 1.71 bits per heavy atom. The summed E-state index contributed by atoms with van der Waals surface area (Å²) in [7, 11) is 0. The molecule has 0 unspecified atom stereocenters. The maximum atomic E-state index is 6.76. The third-order valence-electron chi connectivity index (χ3n) is 14.4. The highest BCUT2D eigenvalue weighted by molar-refractivity contribution is 6.27. The molecule has 318 valence electrons. The molecule has 0 spiro atoms. The van der Waals surface area contributed by atoms with Crippen LogP contribution in [0, 0.1) is 0 Å². The molecule has 0 aliphatic heterocycles. The second-order valence-electron chi connectivity index (χ2n) is 18.0. The van der Waals surface area contributed by atoms with Crippen LogP contribution in [0.3, 0.4) is 0 Å². The Morgan fingerprint density at radius 2 is 0.956 bits per heavy atom. The Bertz CT molecular complexity index is 4030. The number of anilines is 3. The van der Waals surface area contributed by atoms with Crippen molar-refractivity contribution in [3.05, 3.63) is 277 Å². The van der Waals surface area contributed by atoms with Crippen molar-refractivity contribution in [1.82, 2.24) is 4.57 Å². The molecule has 3 heteroatoms. The fraction of sp³-hybridized carbons (Fsp3) is 0.0154. The van der Waals surface area contributed by atoms with E-state index in [2.05, 4.69) is 264 Å². The average Bonchev–Trinajstić information content (AvgIpc) is 4.05. The van der Waals surface area contributed by atoms with E-state index in [1.54, 1.807) is 0 Å². The molecule has 0 radical (unpaired) electrons. The molecule has 3 nitrogen and oxygen atoms in total. The quantitative estimate of drug-likeness (QED) is 0.159. The van der Waals surface area contributed by atoms with Gasteiger partial charge in [-0.2, -0.15) is 0 Å². The lowest BCUT2D eigenvalue weighted by atomic mass is 9.68. The third kappa shape index (κ3) is 5.60. The van der Waals surface area contributed by atoms with E-state index in [9.17, 15) is 0 Å². The van der Waals surface area contributed by atoms with E-state index < -0.39 is 5.41 Å². The van der Waals surface area contributed by atoms with Gasteiger partial charge < -0.3 is 13.9 Å². The second-order valence-corrected chi connectivity index (χ2v) is 18.0. The van der Waals surface area contributed by atoms with Gasteiger partial charge in [-0.15, -0.1) is 0 Å². The van der Waals surface area contributed by atoms with E-state index in [0.717, 1.165) is 61.3 Å². The van der Waals surface area contributed by atoms with Crippen LogP contribution >= 0.6 is 0 Å². The summed E-state index contributed by atoms with van der Waals surface area (Å²) in [5, 5.41) is 7.02. The molecule has 14 rings (SSSR count). The van der Waals surface area contributed by atoms with Gasteiger partial charge in [0.25, 0.3) is 0 Å². The van der Waals surface area contributed by atoms with Crippen LogP contribution in [0.4, 0.5) is 17.1 Å². The van der Waals surface area contributed by atoms with Crippen molar-refractivity contribution in [2.75, 3.05) is 4.90 Å². The van der Waals surface area contributed by atoms with Crippen molar-refractivity contribution in [3.8, 4) is 27.9 Å². The normalized spacial score (nSPS) is 12.8. The number of hydrogen-bond acceptors (Lipinski definition) is 2. The Kier molecular flexibility index (Phi) is 8.50. The van der Waals surface area contributed by atoms with E-state index in [-0.39, 0.29) is 0 Å². The van der Waals surface area contributed by atoms with Crippen LogP contribution in [0.5, 0.6) is 0 Å². The number of nitrogens with zero attached hydrogens (tertiary/aromatic N) is 2. The van der Waals surface area contributed by atoms with Gasteiger partial charge in [0.1, 0.15) is 11.2 Å². The Labute approximate surface area is 394 Å². The number of fused-ring (bicyclic) bond motifs is 10. The summed E-state index contributed by atoms with van der Waals surface area (Å²) in [5.41, 5.74) is 17.8. The largest absolute Gasteiger partial charge is 0.456 e. The summed E-state index contributed by atoms with van der Waals surface area (Å²) in [6, 6.07) is 93.0. The third-order valence-corrected chi connectivity index (χ3v) is 14.4. The van der Waals surface area contributed by atoms with Gasteiger partial charge in [-0.25, -0.2) is 0 Å². The van der Waals surface area contributed by atoms with Gasteiger partial charge in [-0.05, 0) is 104 Å². The minimum Gasteiger partial charge on any atom is -0.456 e. The summed E-state index contributed by atoms with van der Waals surface area (Å²) >= 11 is 0. The van der Waals surface area contributed by atoms with Gasteiger partial charge in [-0.1, -0.05) is 194 Å². The van der Waals surface area contributed by atoms with E-state index >= 15 is 0 Å². The number of aromatic nitrogens is 1. The van der Waals surface area contributed by atoms with Crippen LogP contribution in [-0.4, -0.2) is 4.57 Å². The highest BCUT2D eigenvalue weighted by Gasteiger charge is 2.45. The second kappa shape index (κ2) is 15.1. The topological polar surface area (TPSA) is 21.3 Å². The summed E-state index contributed by atoms with van der Waals surface area (Å²) < 4.78 is 9.21. The lowest BCUT2D eigenvalue weighted by Gasteiger charge is -2.34. The van der Waals surface area contributed by atoms with E-state index in [1.807, 2.05) is 0 Å². The van der Waals surface area contributed by atoms with Gasteiger partial charge in [0, 0.05) is 55.9 Å². The number of furan rings is 1. The molecule has 68 heavy (non-hydrogen) atoms. The first-order valence-electron chi connectivity index (χ1n) is 23.4. The Hall–Kier alpha value is -8.92. The molecule has 0 saturated heterocycles. The van der Waals surface area contributed by atoms with Crippen molar-refractivity contribution in [2.45, 2.75) is 5.41 Å². The van der Waals surface area contributed by atoms with Crippen molar-refractivity contribution < 1.29 is 4.42 Å². The fourth-order valence-electron chi connectivity index (χ4n) is 11.6. The van der Waals surface area contributed by atoms with Crippen LogP contribution < -0.4 is 4.90 Å². The molecule has 0 fully saturated rings. The Balaban J connectivity index is 1.02. The van der Waals surface area contributed by atoms with E-state index in [1.165, 1.54) is 60.5 Å². The molecule has 2 heterocycles. The fourth-order valence-corrected chi connectivity index (χ4v) is 11.6. The smallest absolute Gasteiger partial charge is 0.138 e. The van der Waals surface area contributed by atoms with Crippen molar-refractivity contribution in [3.63, 3.8) is 0 Å². The van der Waals surface area contributed by atoms with Gasteiger partial charge in [0.2, 0.25) is 0 Å². The predicted molar refractivity (Wildman–Crippen MR) is 283 cm³/mol. The van der Waals surface area contributed by atoms with Gasteiger partial charge in [0.05, 0.1) is 16.4 Å². The maximum Gasteiger partial charge on any atom is 0.138 e. The zero-order valence-electron chi connectivity index (χ0n) is 37.1. The molecule has 1 aliphatic carbocycles. The summed E-state index contributed by atoms with van der Waals surface area (Å²) in [5.74, 6) is 0. The standard InChI is InChI=1S/C65H42N2O/c1-4-19-44(20-5-1)62-63-54-39-38-51(41-58(54)67(50-35-32-43-18-10-11-21-45(43)40-50)59(63)42-61-64(62)55-28-14-17-31-60(55)68-61)66(48-24-8-3-9-25-48)49-36-33-47(34-37-49)65(46-22-6-2-7-23-46)56-29-15-12-26-52(56)53-27-13-16-30-57(53)65/h1-42H. The minimum atomic E-state index is -0.481. The zero-order chi connectivity index (χ0) is 44.8. The highest BCUT2D eigenvalue weighted by atomic mass is 16.3. The van der Waals surface area contributed by atoms with Crippen molar-refractivity contribution in [2.24, 2.45) is 0 Å². The van der Waals surface area contributed by atoms with Crippen molar-refractivity contribution >= 4 is 71.6 Å².